The van der Waals surface area contributed by atoms with E-state index in [1.165, 1.54) is 12.8 Å². The highest BCUT2D eigenvalue weighted by atomic mass is 16.2. The molecule has 2 aromatic rings. The Hall–Kier alpha value is -2.63. The predicted molar refractivity (Wildman–Crippen MR) is 121 cm³/mol. The number of piperidine rings is 1. The minimum absolute atomic E-state index is 0.0788. The number of para-hydroxylation sites is 1. The summed E-state index contributed by atoms with van der Waals surface area (Å²) in [6, 6.07) is 7.71. The lowest BCUT2D eigenvalue weighted by atomic mass is 9.98. The minimum atomic E-state index is -0.461. The first-order chi connectivity index (χ1) is 15.1. The molecule has 0 N–H and O–H groups in total. The molecule has 2 saturated heterocycles. The van der Waals surface area contributed by atoms with Gasteiger partial charge in [-0.3, -0.25) is 14.4 Å². The first kappa shape index (κ1) is 21.6. The SMILES string of the molecule is CC[C@@H]1CCCCN1C(=O)C(=O)c1cn(CC(=O)N2CCCCCC2)c2ccccc12. The van der Waals surface area contributed by atoms with E-state index in [1.807, 2.05) is 33.7 Å². The van der Waals surface area contributed by atoms with Gasteiger partial charge in [-0.2, -0.15) is 0 Å². The Morgan fingerprint density at radius 2 is 1.65 bits per heavy atom. The number of benzene rings is 1. The molecule has 0 radical (unpaired) electrons. The summed E-state index contributed by atoms with van der Waals surface area (Å²) in [5.41, 5.74) is 1.23. The highest BCUT2D eigenvalue weighted by Gasteiger charge is 2.32. The Kier molecular flexibility index (Phi) is 6.73. The largest absolute Gasteiger partial charge is 0.341 e. The molecular weight excluding hydrogens is 390 g/mol. The number of hydrogen-bond donors (Lipinski definition) is 0. The van der Waals surface area contributed by atoms with Crippen LogP contribution in [0, 0.1) is 0 Å². The normalized spacial score (nSPS) is 20.0. The van der Waals surface area contributed by atoms with Crippen molar-refractivity contribution in [1.82, 2.24) is 14.4 Å². The number of carbonyl (C=O) groups is 3. The third-order valence-electron chi connectivity index (χ3n) is 6.85. The van der Waals surface area contributed by atoms with Crippen LogP contribution in [0.15, 0.2) is 30.5 Å². The van der Waals surface area contributed by atoms with Crippen LogP contribution in [0.4, 0.5) is 0 Å². The van der Waals surface area contributed by atoms with Crippen LogP contribution in [0.3, 0.4) is 0 Å². The first-order valence-corrected chi connectivity index (χ1v) is 11.8. The van der Waals surface area contributed by atoms with Crippen LogP contribution in [0.25, 0.3) is 10.9 Å². The van der Waals surface area contributed by atoms with Gasteiger partial charge in [0.15, 0.2) is 0 Å². The van der Waals surface area contributed by atoms with Crippen LogP contribution in [-0.2, 0) is 16.1 Å². The number of amides is 2. The second-order valence-corrected chi connectivity index (χ2v) is 8.87. The Balaban J connectivity index is 1.59. The number of rotatable bonds is 5. The van der Waals surface area contributed by atoms with Crippen LogP contribution in [-0.4, -0.2) is 57.6 Å². The summed E-state index contributed by atoms with van der Waals surface area (Å²) in [6.45, 7) is 4.52. The topological polar surface area (TPSA) is 62.6 Å². The number of nitrogens with zero attached hydrogens (tertiary/aromatic N) is 3. The second-order valence-electron chi connectivity index (χ2n) is 8.87. The molecule has 6 nitrogen and oxygen atoms in total. The van der Waals surface area contributed by atoms with E-state index in [1.54, 1.807) is 11.1 Å². The zero-order chi connectivity index (χ0) is 21.8. The van der Waals surface area contributed by atoms with E-state index in [0.717, 1.165) is 62.5 Å². The molecular formula is C25H33N3O3. The molecule has 0 aliphatic carbocycles. The molecule has 166 valence electrons. The maximum absolute atomic E-state index is 13.3. The molecule has 4 rings (SSSR count). The average Bonchev–Trinajstić information content (AvgIpc) is 2.97. The highest BCUT2D eigenvalue weighted by molar-refractivity contribution is 6.45. The number of aromatic nitrogens is 1. The fourth-order valence-corrected chi connectivity index (χ4v) is 5.06. The Morgan fingerprint density at radius 3 is 2.39 bits per heavy atom. The fraction of sp³-hybridized carbons (Fsp3) is 0.560. The Morgan fingerprint density at radius 1 is 0.935 bits per heavy atom. The standard InChI is InChI=1S/C25H33N3O3/c1-2-19-11-7-10-16-28(19)25(31)24(30)21-17-27(22-13-6-5-12-20(21)22)18-23(29)26-14-8-3-4-9-15-26/h5-6,12-13,17,19H,2-4,7-11,14-16,18H2,1H3/t19-/m1/s1. The lowest BCUT2D eigenvalue weighted by molar-refractivity contribution is -0.131. The van der Waals surface area contributed by atoms with Crippen molar-refractivity contribution in [2.45, 2.75) is 70.9 Å². The van der Waals surface area contributed by atoms with Crippen molar-refractivity contribution in [3.63, 3.8) is 0 Å². The summed E-state index contributed by atoms with van der Waals surface area (Å²) in [6.07, 6.45) is 10.0. The van der Waals surface area contributed by atoms with Crippen molar-refractivity contribution in [1.29, 1.82) is 0 Å². The van der Waals surface area contributed by atoms with Gasteiger partial charge in [0.05, 0.1) is 5.56 Å². The van der Waals surface area contributed by atoms with Crippen LogP contribution in [0.2, 0.25) is 0 Å². The van der Waals surface area contributed by atoms with Crippen molar-refractivity contribution in [2.75, 3.05) is 19.6 Å². The summed E-state index contributed by atoms with van der Waals surface area (Å²) in [7, 11) is 0. The molecule has 0 saturated carbocycles. The molecule has 1 aromatic carbocycles. The Labute approximate surface area is 184 Å². The van der Waals surface area contributed by atoms with Gasteiger partial charge in [-0.1, -0.05) is 38.0 Å². The van der Waals surface area contributed by atoms with Crippen LogP contribution < -0.4 is 0 Å². The minimum Gasteiger partial charge on any atom is -0.341 e. The van der Waals surface area contributed by atoms with Crippen molar-refractivity contribution in [2.24, 2.45) is 0 Å². The third kappa shape index (κ3) is 4.53. The number of carbonyl (C=O) groups excluding carboxylic acids is 3. The number of hydrogen-bond acceptors (Lipinski definition) is 3. The number of Topliss-reactive ketones (excluding diaryl/α,β-unsaturated/α-hetero) is 1. The molecule has 0 unspecified atom stereocenters. The molecule has 3 heterocycles. The van der Waals surface area contributed by atoms with Crippen molar-refractivity contribution in [3.8, 4) is 0 Å². The van der Waals surface area contributed by atoms with Gasteiger partial charge in [0.1, 0.15) is 6.54 Å². The number of fused-ring (bicyclic) bond motifs is 1. The van der Waals surface area contributed by atoms with Gasteiger partial charge in [-0.15, -0.1) is 0 Å². The summed E-state index contributed by atoms with van der Waals surface area (Å²) in [5, 5.41) is 0.745. The van der Waals surface area contributed by atoms with E-state index >= 15 is 0 Å². The monoisotopic (exact) mass is 423 g/mol. The third-order valence-corrected chi connectivity index (χ3v) is 6.85. The van der Waals surface area contributed by atoms with Gasteiger partial charge < -0.3 is 14.4 Å². The van der Waals surface area contributed by atoms with Crippen molar-refractivity contribution in [3.05, 3.63) is 36.0 Å². The summed E-state index contributed by atoms with van der Waals surface area (Å²) >= 11 is 0. The van der Waals surface area contributed by atoms with E-state index in [0.29, 0.717) is 12.1 Å². The number of likely N-dealkylation sites (tertiary alicyclic amines) is 2. The maximum atomic E-state index is 13.3. The van der Waals surface area contributed by atoms with Gasteiger partial charge in [-0.25, -0.2) is 0 Å². The average molecular weight is 424 g/mol. The van der Waals surface area contributed by atoms with E-state index in [4.69, 9.17) is 0 Å². The molecule has 0 spiro atoms. The van der Waals surface area contributed by atoms with Gasteiger partial charge in [0, 0.05) is 42.8 Å². The smallest absolute Gasteiger partial charge is 0.295 e. The van der Waals surface area contributed by atoms with Crippen molar-refractivity contribution >= 4 is 28.5 Å². The molecule has 2 amide bonds. The van der Waals surface area contributed by atoms with Gasteiger partial charge >= 0.3 is 0 Å². The maximum Gasteiger partial charge on any atom is 0.295 e. The Bertz CT molecular complexity index is 956. The van der Waals surface area contributed by atoms with Crippen molar-refractivity contribution < 1.29 is 14.4 Å². The van der Waals surface area contributed by atoms with E-state index in [9.17, 15) is 14.4 Å². The molecule has 2 aliphatic rings. The fourth-order valence-electron chi connectivity index (χ4n) is 5.06. The second kappa shape index (κ2) is 9.67. The number of ketones is 1. The van der Waals surface area contributed by atoms with Gasteiger partial charge in [0.2, 0.25) is 5.91 Å². The molecule has 2 fully saturated rings. The zero-order valence-corrected chi connectivity index (χ0v) is 18.5. The lowest BCUT2D eigenvalue weighted by Gasteiger charge is -2.34. The molecule has 6 heteroatoms. The molecule has 1 aromatic heterocycles. The molecule has 1 atom stereocenters. The molecule has 2 aliphatic heterocycles. The predicted octanol–water partition coefficient (Wildman–Crippen LogP) is 4.02. The van der Waals surface area contributed by atoms with E-state index in [-0.39, 0.29) is 18.5 Å². The molecule has 0 bridgehead atoms. The lowest BCUT2D eigenvalue weighted by Crippen LogP contribution is -2.46. The van der Waals surface area contributed by atoms with E-state index < -0.39 is 11.7 Å². The van der Waals surface area contributed by atoms with Crippen LogP contribution in [0.1, 0.15) is 68.6 Å². The van der Waals surface area contributed by atoms with Gasteiger partial charge in [0.25, 0.3) is 11.7 Å². The van der Waals surface area contributed by atoms with Gasteiger partial charge in [-0.05, 0) is 44.6 Å². The van der Waals surface area contributed by atoms with Crippen LogP contribution in [0.5, 0.6) is 0 Å². The van der Waals surface area contributed by atoms with Crippen LogP contribution >= 0.6 is 0 Å². The quantitative estimate of drug-likeness (QED) is 0.539. The summed E-state index contributed by atoms with van der Waals surface area (Å²) in [4.78, 5) is 43.0. The summed E-state index contributed by atoms with van der Waals surface area (Å²) in [5.74, 6) is -0.791. The first-order valence-electron chi connectivity index (χ1n) is 11.8. The zero-order valence-electron chi connectivity index (χ0n) is 18.5. The summed E-state index contributed by atoms with van der Waals surface area (Å²) < 4.78 is 1.84. The van der Waals surface area contributed by atoms with E-state index in [2.05, 4.69) is 6.92 Å². The highest BCUT2D eigenvalue weighted by Crippen LogP contribution is 2.25. The molecule has 31 heavy (non-hydrogen) atoms.